The lowest BCUT2D eigenvalue weighted by molar-refractivity contribution is -0.120. The zero-order valence-electron chi connectivity index (χ0n) is 17.0. The first-order valence-corrected chi connectivity index (χ1v) is 13.1. The molecule has 11 heteroatoms. The second-order valence-corrected chi connectivity index (χ2v) is 12.9. The highest BCUT2D eigenvalue weighted by Gasteiger charge is 2.34. The first-order valence-electron chi connectivity index (χ1n) is 9.42. The van der Waals surface area contributed by atoms with Crippen LogP contribution >= 0.6 is 11.3 Å². The third-order valence-corrected chi connectivity index (χ3v) is 10.2. The van der Waals surface area contributed by atoms with Gasteiger partial charge in [0.2, 0.25) is 15.9 Å². The SMILES string of the molecule is Cc1ccc(S(=O)(=O)N2CCCC(C(=O)Nc3ccccc3S(=O)(=O)N(C)C)C2)s1. The van der Waals surface area contributed by atoms with Gasteiger partial charge >= 0.3 is 0 Å². The molecule has 0 radical (unpaired) electrons. The Kier molecular flexibility index (Phi) is 6.68. The molecule has 2 heterocycles. The van der Waals surface area contributed by atoms with E-state index in [-0.39, 0.29) is 21.3 Å². The Labute approximate surface area is 181 Å². The first-order chi connectivity index (χ1) is 14.0. The van der Waals surface area contributed by atoms with Crippen LogP contribution in [-0.2, 0) is 24.8 Å². The molecule has 1 amide bonds. The number of rotatable bonds is 6. The number of hydrogen-bond donors (Lipinski definition) is 1. The first kappa shape index (κ1) is 22.9. The van der Waals surface area contributed by atoms with Gasteiger partial charge in [0, 0.05) is 32.1 Å². The molecule has 1 atom stereocenters. The molecule has 1 aromatic heterocycles. The highest BCUT2D eigenvalue weighted by atomic mass is 32.2. The molecule has 1 aromatic carbocycles. The van der Waals surface area contributed by atoms with Crippen LogP contribution in [0.3, 0.4) is 0 Å². The van der Waals surface area contributed by atoms with Crippen LogP contribution in [0.25, 0.3) is 0 Å². The van der Waals surface area contributed by atoms with Crippen LogP contribution in [0.5, 0.6) is 0 Å². The summed E-state index contributed by atoms with van der Waals surface area (Å²) in [7, 11) is -4.55. The Bertz CT molecular complexity index is 1140. The molecule has 0 aliphatic carbocycles. The van der Waals surface area contributed by atoms with Crippen molar-refractivity contribution < 1.29 is 21.6 Å². The van der Waals surface area contributed by atoms with Crippen LogP contribution in [0.4, 0.5) is 5.69 Å². The molecule has 1 fully saturated rings. The number of para-hydroxylation sites is 1. The summed E-state index contributed by atoms with van der Waals surface area (Å²) in [6.45, 7) is 2.26. The normalized spacial score (nSPS) is 18.5. The number of aryl methyl sites for hydroxylation is 1. The number of carbonyl (C=O) groups is 1. The lowest BCUT2D eigenvalue weighted by Gasteiger charge is -2.31. The summed E-state index contributed by atoms with van der Waals surface area (Å²) in [5.41, 5.74) is 0.185. The molecule has 0 bridgehead atoms. The van der Waals surface area contributed by atoms with Crippen LogP contribution in [-0.4, -0.2) is 58.5 Å². The maximum absolute atomic E-state index is 12.9. The molecule has 1 aliphatic heterocycles. The minimum atomic E-state index is -3.74. The number of thiophene rings is 1. The molecule has 2 aromatic rings. The molecule has 30 heavy (non-hydrogen) atoms. The van der Waals surface area contributed by atoms with E-state index in [9.17, 15) is 21.6 Å². The van der Waals surface area contributed by atoms with Crippen molar-refractivity contribution in [3.63, 3.8) is 0 Å². The number of sulfonamides is 2. The largest absolute Gasteiger partial charge is 0.325 e. The molecule has 8 nitrogen and oxygen atoms in total. The van der Waals surface area contributed by atoms with E-state index in [0.717, 1.165) is 9.18 Å². The van der Waals surface area contributed by atoms with Crippen molar-refractivity contribution >= 4 is 43.0 Å². The average Bonchev–Trinajstić information content (AvgIpc) is 3.15. The van der Waals surface area contributed by atoms with Gasteiger partial charge in [0.15, 0.2) is 0 Å². The zero-order valence-corrected chi connectivity index (χ0v) is 19.5. The summed E-state index contributed by atoms with van der Waals surface area (Å²) < 4.78 is 53.6. The van der Waals surface area contributed by atoms with Crippen molar-refractivity contribution in [3.8, 4) is 0 Å². The fourth-order valence-electron chi connectivity index (χ4n) is 3.28. The van der Waals surface area contributed by atoms with Gasteiger partial charge < -0.3 is 5.32 Å². The average molecular weight is 472 g/mol. The third kappa shape index (κ3) is 4.59. The van der Waals surface area contributed by atoms with E-state index in [1.807, 2.05) is 6.92 Å². The topological polar surface area (TPSA) is 104 Å². The van der Waals surface area contributed by atoms with E-state index in [4.69, 9.17) is 0 Å². The van der Waals surface area contributed by atoms with E-state index in [0.29, 0.717) is 19.4 Å². The summed E-state index contributed by atoms with van der Waals surface area (Å²) in [5.74, 6) is -0.955. The summed E-state index contributed by atoms with van der Waals surface area (Å²) >= 11 is 1.21. The Balaban J connectivity index is 1.79. The number of amides is 1. The maximum Gasteiger partial charge on any atom is 0.252 e. The number of carbonyl (C=O) groups excluding carboxylic acids is 1. The third-order valence-electron chi connectivity index (χ3n) is 4.97. The van der Waals surface area contributed by atoms with Crippen LogP contribution in [0.15, 0.2) is 45.5 Å². The predicted octanol–water partition coefficient (Wildman–Crippen LogP) is 2.35. The Hall–Kier alpha value is -1.79. The van der Waals surface area contributed by atoms with Crippen molar-refractivity contribution in [2.45, 2.75) is 28.9 Å². The van der Waals surface area contributed by atoms with Gasteiger partial charge in [-0.15, -0.1) is 11.3 Å². The smallest absolute Gasteiger partial charge is 0.252 e. The van der Waals surface area contributed by atoms with Crippen LogP contribution in [0, 0.1) is 12.8 Å². The second-order valence-electron chi connectivity index (χ2n) is 7.34. The lowest BCUT2D eigenvalue weighted by atomic mass is 9.99. The summed E-state index contributed by atoms with van der Waals surface area (Å²) in [6.07, 6.45) is 1.09. The second kappa shape index (κ2) is 8.75. The Morgan fingerprint density at radius 2 is 1.83 bits per heavy atom. The van der Waals surface area contributed by atoms with Crippen molar-refractivity contribution in [2.24, 2.45) is 5.92 Å². The van der Waals surface area contributed by atoms with Crippen molar-refractivity contribution in [2.75, 3.05) is 32.5 Å². The molecular weight excluding hydrogens is 446 g/mol. The van der Waals surface area contributed by atoms with Gasteiger partial charge in [0.1, 0.15) is 9.10 Å². The van der Waals surface area contributed by atoms with Crippen LogP contribution in [0.2, 0.25) is 0 Å². The van der Waals surface area contributed by atoms with Gasteiger partial charge in [-0.25, -0.2) is 21.1 Å². The van der Waals surface area contributed by atoms with E-state index in [2.05, 4.69) is 5.32 Å². The monoisotopic (exact) mass is 471 g/mol. The summed E-state index contributed by atoms with van der Waals surface area (Å²) in [6, 6.07) is 9.53. The van der Waals surface area contributed by atoms with Gasteiger partial charge in [0.05, 0.1) is 11.6 Å². The molecule has 0 saturated carbocycles. The molecule has 0 spiro atoms. The van der Waals surface area contributed by atoms with E-state index < -0.39 is 31.9 Å². The molecule has 164 valence electrons. The zero-order chi connectivity index (χ0) is 22.1. The van der Waals surface area contributed by atoms with Gasteiger partial charge in [-0.3, -0.25) is 4.79 Å². The summed E-state index contributed by atoms with van der Waals surface area (Å²) in [5, 5.41) is 2.69. The number of nitrogens with zero attached hydrogens (tertiary/aromatic N) is 2. The van der Waals surface area contributed by atoms with Crippen LogP contribution in [0.1, 0.15) is 17.7 Å². The van der Waals surface area contributed by atoms with E-state index >= 15 is 0 Å². The highest BCUT2D eigenvalue weighted by molar-refractivity contribution is 7.91. The predicted molar refractivity (Wildman–Crippen MR) is 116 cm³/mol. The number of hydrogen-bond acceptors (Lipinski definition) is 6. The number of benzene rings is 1. The fourth-order valence-corrected chi connectivity index (χ4v) is 7.28. The minimum Gasteiger partial charge on any atom is -0.325 e. The van der Waals surface area contributed by atoms with E-state index in [1.54, 1.807) is 24.3 Å². The number of piperidine rings is 1. The van der Waals surface area contributed by atoms with Gasteiger partial charge in [-0.2, -0.15) is 4.31 Å². The van der Waals surface area contributed by atoms with Crippen molar-refractivity contribution in [3.05, 3.63) is 41.3 Å². The van der Waals surface area contributed by atoms with Gasteiger partial charge in [-0.05, 0) is 44.0 Å². The minimum absolute atomic E-state index is 0.00213. The quantitative estimate of drug-likeness (QED) is 0.696. The number of nitrogens with one attached hydrogen (secondary N) is 1. The molecule has 1 unspecified atom stereocenters. The van der Waals surface area contributed by atoms with Crippen molar-refractivity contribution in [1.82, 2.24) is 8.61 Å². The molecule has 1 N–H and O–H groups in total. The number of anilines is 1. The summed E-state index contributed by atoms with van der Waals surface area (Å²) in [4.78, 5) is 13.8. The Morgan fingerprint density at radius 3 is 2.47 bits per heavy atom. The van der Waals surface area contributed by atoms with Crippen LogP contribution < -0.4 is 5.32 Å². The van der Waals surface area contributed by atoms with E-state index in [1.165, 1.54) is 41.9 Å². The standard InChI is InChI=1S/C19H25N3O5S3/c1-14-10-11-18(28-14)30(26,27)22-12-6-7-15(13-22)19(23)20-16-8-4-5-9-17(16)29(24,25)21(2)3/h4-5,8-11,15H,6-7,12-13H2,1-3H3,(H,20,23). The van der Waals surface area contributed by atoms with Gasteiger partial charge in [0.25, 0.3) is 10.0 Å². The maximum atomic E-state index is 12.9. The van der Waals surface area contributed by atoms with Crippen molar-refractivity contribution in [1.29, 1.82) is 0 Å². The molecule has 3 rings (SSSR count). The lowest BCUT2D eigenvalue weighted by Crippen LogP contribution is -2.43. The highest BCUT2D eigenvalue weighted by Crippen LogP contribution is 2.29. The fraction of sp³-hybridized carbons (Fsp3) is 0.421. The molecule has 1 aliphatic rings. The molecular formula is C19H25N3O5S3. The Morgan fingerprint density at radius 1 is 1.13 bits per heavy atom. The molecule has 1 saturated heterocycles. The van der Waals surface area contributed by atoms with Gasteiger partial charge in [-0.1, -0.05) is 12.1 Å².